The lowest BCUT2D eigenvalue weighted by Gasteiger charge is -2.34. The van der Waals surface area contributed by atoms with Gasteiger partial charge in [0.1, 0.15) is 30.3 Å². The van der Waals surface area contributed by atoms with Gasteiger partial charge in [-0.1, -0.05) is 18.6 Å². The van der Waals surface area contributed by atoms with Crippen molar-refractivity contribution in [2.75, 3.05) is 47.4 Å². The van der Waals surface area contributed by atoms with E-state index < -0.39 is 5.91 Å². The number of aromatic nitrogens is 2. The summed E-state index contributed by atoms with van der Waals surface area (Å²) >= 11 is 0. The molecule has 8 nitrogen and oxygen atoms in total. The lowest BCUT2D eigenvalue weighted by atomic mass is 9.77. The van der Waals surface area contributed by atoms with Gasteiger partial charge in [0.05, 0.1) is 6.04 Å². The molecule has 180 valence electrons. The molecule has 1 heterocycles. The first-order valence-electron chi connectivity index (χ1n) is 11.7. The number of hydrogen-bond acceptors (Lipinski definition) is 7. The van der Waals surface area contributed by atoms with Crippen LogP contribution in [0, 0.1) is 17.2 Å². The summed E-state index contributed by atoms with van der Waals surface area (Å²) in [5.74, 6) is 0.739. The van der Waals surface area contributed by atoms with E-state index in [2.05, 4.69) is 46.2 Å². The zero-order valence-electron chi connectivity index (χ0n) is 20.3. The van der Waals surface area contributed by atoms with E-state index in [1.54, 1.807) is 12.4 Å². The van der Waals surface area contributed by atoms with Crippen molar-refractivity contribution in [2.24, 2.45) is 5.92 Å². The summed E-state index contributed by atoms with van der Waals surface area (Å²) < 4.78 is 6.01. The molecule has 1 amide bonds. The van der Waals surface area contributed by atoms with E-state index >= 15 is 0 Å². The standard InChI is InChI=1S/C26H34N6O2/c1-31(2)10-11-32(3)12-13-34-24-9-5-8-22(15-24)25(21-6-4-7-21)30-26(33)23(16-27)14-20-17-28-19-29-18-20/h5,8-9,14-15,17-19,21,25H,4,6-7,10-13H2,1-3H3,(H,30,33)/b23-14+. The number of nitrogens with zero attached hydrogens (tertiary/aromatic N) is 5. The SMILES string of the molecule is CN(C)CCN(C)CCOc1cccc(C(NC(=O)/C(C#N)=C/c2cncnc2)C2CCC2)c1. The van der Waals surface area contributed by atoms with Crippen molar-refractivity contribution in [1.29, 1.82) is 5.26 Å². The monoisotopic (exact) mass is 462 g/mol. The molecule has 0 spiro atoms. The fourth-order valence-electron chi connectivity index (χ4n) is 3.77. The predicted molar refractivity (Wildman–Crippen MR) is 132 cm³/mol. The summed E-state index contributed by atoms with van der Waals surface area (Å²) in [6, 6.07) is 9.76. The van der Waals surface area contributed by atoms with Crippen molar-refractivity contribution in [3.8, 4) is 11.8 Å². The Kier molecular flexibility index (Phi) is 9.56. The van der Waals surface area contributed by atoms with Crippen LogP contribution in [0.4, 0.5) is 0 Å². The van der Waals surface area contributed by atoms with Gasteiger partial charge in [0.2, 0.25) is 0 Å². The Morgan fingerprint density at radius 3 is 2.65 bits per heavy atom. The summed E-state index contributed by atoms with van der Waals surface area (Å²) in [5.41, 5.74) is 1.64. The van der Waals surface area contributed by atoms with Gasteiger partial charge in [-0.05, 0) is 63.7 Å². The summed E-state index contributed by atoms with van der Waals surface area (Å²) in [7, 11) is 6.23. The van der Waals surface area contributed by atoms with Gasteiger partial charge in [-0.25, -0.2) is 9.97 Å². The third kappa shape index (κ3) is 7.65. The maximum absolute atomic E-state index is 13.0. The highest BCUT2D eigenvalue weighted by Gasteiger charge is 2.30. The molecule has 1 aromatic carbocycles. The second kappa shape index (κ2) is 12.8. The van der Waals surface area contributed by atoms with Crippen LogP contribution in [0.25, 0.3) is 6.08 Å². The first-order chi connectivity index (χ1) is 16.5. The van der Waals surface area contributed by atoms with Crippen molar-refractivity contribution in [2.45, 2.75) is 25.3 Å². The quantitative estimate of drug-likeness (QED) is 0.383. The van der Waals surface area contributed by atoms with Crippen LogP contribution in [-0.2, 0) is 4.79 Å². The summed E-state index contributed by atoms with van der Waals surface area (Å²) in [4.78, 5) is 25.2. The molecule has 1 unspecified atom stereocenters. The molecule has 8 heteroatoms. The molecule has 1 aliphatic carbocycles. The van der Waals surface area contributed by atoms with Crippen LogP contribution in [0.15, 0.2) is 48.6 Å². The van der Waals surface area contributed by atoms with E-state index in [-0.39, 0.29) is 11.6 Å². The average Bonchev–Trinajstić information content (AvgIpc) is 2.80. The van der Waals surface area contributed by atoms with Gasteiger partial charge in [0.25, 0.3) is 5.91 Å². The lowest BCUT2D eigenvalue weighted by Crippen LogP contribution is -2.36. The van der Waals surface area contributed by atoms with Crippen molar-refractivity contribution >= 4 is 12.0 Å². The smallest absolute Gasteiger partial charge is 0.262 e. The molecule has 1 N–H and O–H groups in total. The normalized spacial score (nSPS) is 15.0. The predicted octanol–water partition coefficient (Wildman–Crippen LogP) is 2.91. The highest BCUT2D eigenvalue weighted by molar-refractivity contribution is 6.01. The molecule has 0 saturated heterocycles. The lowest BCUT2D eigenvalue weighted by molar-refractivity contribution is -0.118. The number of benzene rings is 1. The zero-order chi connectivity index (χ0) is 24.3. The van der Waals surface area contributed by atoms with Gasteiger partial charge in [-0.2, -0.15) is 5.26 Å². The van der Waals surface area contributed by atoms with Gasteiger partial charge in [-0.3, -0.25) is 4.79 Å². The minimum absolute atomic E-state index is 0.0345. The average molecular weight is 463 g/mol. The minimum atomic E-state index is -0.392. The topological polar surface area (TPSA) is 94.4 Å². The number of nitriles is 1. The van der Waals surface area contributed by atoms with Gasteiger partial charge in [-0.15, -0.1) is 0 Å². The van der Waals surface area contributed by atoms with Crippen LogP contribution in [0.2, 0.25) is 0 Å². The largest absolute Gasteiger partial charge is 0.492 e. The Hall–Kier alpha value is -3.28. The molecule has 2 aromatic rings. The Balaban J connectivity index is 1.65. The summed E-state index contributed by atoms with van der Waals surface area (Å²) in [6.07, 6.45) is 9.30. The number of nitrogens with one attached hydrogen (secondary N) is 1. The number of carbonyl (C=O) groups excluding carboxylic acids is 1. The molecule has 0 bridgehead atoms. The molecule has 1 saturated carbocycles. The number of likely N-dealkylation sites (N-methyl/N-ethyl adjacent to an activating group) is 2. The molecule has 1 aliphatic rings. The molecule has 3 rings (SSSR count). The Morgan fingerprint density at radius 2 is 2.00 bits per heavy atom. The third-order valence-electron chi connectivity index (χ3n) is 6.05. The maximum atomic E-state index is 13.0. The van der Waals surface area contributed by atoms with Crippen molar-refractivity contribution in [3.63, 3.8) is 0 Å². The zero-order valence-corrected chi connectivity index (χ0v) is 20.3. The molecule has 1 atom stereocenters. The highest BCUT2D eigenvalue weighted by atomic mass is 16.5. The van der Waals surface area contributed by atoms with Crippen LogP contribution >= 0.6 is 0 Å². The van der Waals surface area contributed by atoms with Crippen LogP contribution in [0.3, 0.4) is 0 Å². The molecule has 0 radical (unpaired) electrons. The van der Waals surface area contributed by atoms with E-state index in [4.69, 9.17) is 4.74 Å². The first kappa shape index (κ1) is 25.3. The van der Waals surface area contributed by atoms with Crippen LogP contribution < -0.4 is 10.1 Å². The summed E-state index contributed by atoms with van der Waals surface area (Å²) in [5, 5.41) is 12.7. The molecule has 1 fully saturated rings. The molecule has 34 heavy (non-hydrogen) atoms. The van der Waals surface area contributed by atoms with E-state index in [0.29, 0.717) is 18.1 Å². The van der Waals surface area contributed by atoms with Crippen molar-refractivity contribution in [3.05, 3.63) is 59.7 Å². The Morgan fingerprint density at radius 1 is 1.24 bits per heavy atom. The molecular weight excluding hydrogens is 428 g/mol. The van der Waals surface area contributed by atoms with Gasteiger partial charge >= 0.3 is 0 Å². The Labute approximate surface area is 202 Å². The van der Waals surface area contributed by atoms with E-state index in [9.17, 15) is 10.1 Å². The van der Waals surface area contributed by atoms with Gasteiger partial charge in [0, 0.05) is 37.6 Å². The number of rotatable bonds is 12. The molecular formula is C26H34N6O2. The van der Waals surface area contributed by atoms with Crippen LogP contribution in [-0.4, -0.2) is 73.1 Å². The minimum Gasteiger partial charge on any atom is -0.492 e. The fourth-order valence-corrected chi connectivity index (χ4v) is 3.77. The summed E-state index contributed by atoms with van der Waals surface area (Å²) in [6.45, 7) is 3.41. The van der Waals surface area contributed by atoms with E-state index in [1.165, 1.54) is 12.4 Å². The van der Waals surface area contributed by atoms with E-state index in [1.807, 2.05) is 30.3 Å². The Bertz CT molecular complexity index is 998. The van der Waals surface area contributed by atoms with Crippen molar-refractivity contribution < 1.29 is 9.53 Å². The second-order valence-electron chi connectivity index (χ2n) is 9.01. The van der Waals surface area contributed by atoms with Gasteiger partial charge < -0.3 is 19.9 Å². The number of amides is 1. The molecule has 0 aliphatic heterocycles. The van der Waals surface area contributed by atoms with Gasteiger partial charge in [0.15, 0.2) is 0 Å². The molecule has 1 aromatic heterocycles. The van der Waals surface area contributed by atoms with Crippen LogP contribution in [0.1, 0.15) is 36.4 Å². The number of ether oxygens (including phenoxy) is 1. The van der Waals surface area contributed by atoms with Crippen LogP contribution in [0.5, 0.6) is 5.75 Å². The second-order valence-corrected chi connectivity index (χ2v) is 9.01. The number of hydrogen-bond donors (Lipinski definition) is 1. The highest BCUT2D eigenvalue weighted by Crippen LogP contribution is 2.38. The maximum Gasteiger partial charge on any atom is 0.262 e. The number of carbonyl (C=O) groups is 1. The van der Waals surface area contributed by atoms with E-state index in [0.717, 1.165) is 50.2 Å². The first-order valence-corrected chi connectivity index (χ1v) is 11.7. The third-order valence-corrected chi connectivity index (χ3v) is 6.05. The van der Waals surface area contributed by atoms with Crippen molar-refractivity contribution in [1.82, 2.24) is 25.1 Å². The fraction of sp³-hybridized carbons (Fsp3) is 0.462.